The molecule has 0 atom stereocenters. The molecule has 2 N–H and O–H groups in total. The number of benzene rings is 2. The van der Waals surface area contributed by atoms with Gasteiger partial charge in [0.2, 0.25) is 0 Å². The Hall–Kier alpha value is -3.34. The number of aromatic amines is 2. The Morgan fingerprint density at radius 3 is 2.74 bits per heavy atom. The second-order valence-electron chi connectivity index (χ2n) is 6.97. The van der Waals surface area contributed by atoms with Crippen molar-refractivity contribution in [3.8, 4) is 11.3 Å². The van der Waals surface area contributed by atoms with Crippen molar-refractivity contribution in [1.82, 2.24) is 20.1 Å². The van der Waals surface area contributed by atoms with Crippen LogP contribution in [0, 0.1) is 0 Å². The summed E-state index contributed by atoms with van der Waals surface area (Å²) >= 11 is 0. The molecule has 1 amide bonds. The summed E-state index contributed by atoms with van der Waals surface area (Å²) < 4.78 is 0. The summed E-state index contributed by atoms with van der Waals surface area (Å²) in [5, 5.41) is 8.79. The standard InChI is InChI=1S/C22H20N4O/c27-22(17-6-7-19-16(14-17)8-11-23-19)26-12-9-18-20(10-13-26)24-25-21(18)15-4-2-1-3-5-15/h1-8,11,14,23H,9-10,12-13H2,(H,24,25). The summed E-state index contributed by atoms with van der Waals surface area (Å²) in [4.78, 5) is 18.2. The SMILES string of the molecule is O=C(c1ccc2[nH]ccc2c1)N1CCc2[nH]nc(-c3ccccc3)c2CC1. The Morgan fingerprint density at radius 2 is 1.85 bits per heavy atom. The molecule has 1 aliphatic rings. The molecule has 3 heterocycles. The Labute approximate surface area is 157 Å². The molecule has 0 saturated heterocycles. The fourth-order valence-electron chi connectivity index (χ4n) is 3.89. The first-order valence-corrected chi connectivity index (χ1v) is 9.27. The number of hydrogen-bond donors (Lipinski definition) is 2. The van der Waals surface area contributed by atoms with Crippen LogP contribution < -0.4 is 0 Å². The van der Waals surface area contributed by atoms with Gasteiger partial charge in [0, 0.05) is 59.0 Å². The second kappa shape index (κ2) is 6.43. The van der Waals surface area contributed by atoms with Gasteiger partial charge in [-0.3, -0.25) is 9.89 Å². The summed E-state index contributed by atoms with van der Waals surface area (Å²) in [5.74, 6) is 0.0949. The third kappa shape index (κ3) is 2.81. The van der Waals surface area contributed by atoms with Gasteiger partial charge < -0.3 is 9.88 Å². The molecule has 0 unspecified atom stereocenters. The van der Waals surface area contributed by atoms with Gasteiger partial charge in [-0.15, -0.1) is 0 Å². The first kappa shape index (κ1) is 15.9. The van der Waals surface area contributed by atoms with E-state index in [0.717, 1.165) is 46.3 Å². The number of aromatic nitrogens is 3. The largest absolute Gasteiger partial charge is 0.361 e. The third-order valence-electron chi connectivity index (χ3n) is 5.35. The molecule has 134 valence electrons. The number of carbonyl (C=O) groups is 1. The first-order valence-electron chi connectivity index (χ1n) is 9.27. The fraction of sp³-hybridized carbons (Fsp3) is 0.182. The molecule has 0 fully saturated rings. The van der Waals surface area contributed by atoms with Crippen LogP contribution in [0.25, 0.3) is 22.2 Å². The van der Waals surface area contributed by atoms with Crippen LogP contribution >= 0.6 is 0 Å². The van der Waals surface area contributed by atoms with Gasteiger partial charge in [0.05, 0.1) is 5.69 Å². The second-order valence-corrected chi connectivity index (χ2v) is 6.97. The molecule has 0 spiro atoms. The summed E-state index contributed by atoms with van der Waals surface area (Å²) in [7, 11) is 0. The van der Waals surface area contributed by atoms with E-state index in [-0.39, 0.29) is 5.91 Å². The predicted molar refractivity (Wildman–Crippen MR) is 106 cm³/mol. The zero-order valence-electron chi connectivity index (χ0n) is 14.9. The number of rotatable bonds is 2. The molecule has 5 heteroatoms. The van der Waals surface area contributed by atoms with Gasteiger partial charge in [0.25, 0.3) is 5.91 Å². The Balaban J connectivity index is 1.39. The number of amides is 1. The highest BCUT2D eigenvalue weighted by atomic mass is 16.2. The normalized spacial score (nSPS) is 14.1. The van der Waals surface area contributed by atoms with Gasteiger partial charge in [0.1, 0.15) is 0 Å². The lowest BCUT2D eigenvalue weighted by Gasteiger charge is -2.20. The van der Waals surface area contributed by atoms with E-state index in [2.05, 4.69) is 27.3 Å². The van der Waals surface area contributed by atoms with Crippen LogP contribution in [0.2, 0.25) is 0 Å². The van der Waals surface area contributed by atoms with Crippen LogP contribution in [0.15, 0.2) is 60.8 Å². The molecule has 0 aliphatic carbocycles. The number of nitrogens with zero attached hydrogens (tertiary/aromatic N) is 2. The molecule has 0 radical (unpaired) electrons. The van der Waals surface area contributed by atoms with Gasteiger partial charge in [-0.1, -0.05) is 30.3 Å². The van der Waals surface area contributed by atoms with Crippen molar-refractivity contribution in [1.29, 1.82) is 0 Å². The Morgan fingerprint density at radius 1 is 1.00 bits per heavy atom. The lowest BCUT2D eigenvalue weighted by atomic mass is 10.0. The van der Waals surface area contributed by atoms with E-state index in [9.17, 15) is 4.79 Å². The molecule has 2 aromatic carbocycles. The van der Waals surface area contributed by atoms with E-state index in [0.29, 0.717) is 13.1 Å². The van der Waals surface area contributed by atoms with Crippen molar-refractivity contribution in [2.24, 2.45) is 0 Å². The summed E-state index contributed by atoms with van der Waals surface area (Å²) in [5.41, 5.74) is 6.30. The van der Waals surface area contributed by atoms with Crippen LogP contribution in [0.1, 0.15) is 21.6 Å². The Bertz CT molecular complexity index is 1110. The number of carbonyl (C=O) groups excluding carboxylic acids is 1. The molecule has 5 nitrogen and oxygen atoms in total. The third-order valence-corrected chi connectivity index (χ3v) is 5.35. The minimum absolute atomic E-state index is 0.0949. The monoisotopic (exact) mass is 356 g/mol. The number of hydrogen-bond acceptors (Lipinski definition) is 2. The van der Waals surface area contributed by atoms with Gasteiger partial charge in [-0.05, 0) is 30.7 Å². The quantitative estimate of drug-likeness (QED) is 0.574. The van der Waals surface area contributed by atoms with E-state index in [1.807, 2.05) is 53.6 Å². The average molecular weight is 356 g/mol. The number of fused-ring (bicyclic) bond motifs is 2. The summed E-state index contributed by atoms with van der Waals surface area (Å²) in [6.07, 6.45) is 3.51. The minimum Gasteiger partial charge on any atom is -0.361 e. The summed E-state index contributed by atoms with van der Waals surface area (Å²) in [6, 6.07) is 18.1. The highest BCUT2D eigenvalue weighted by molar-refractivity contribution is 5.98. The Kier molecular flexibility index (Phi) is 3.78. The molecule has 0 bridgehead atoms. The maximum Gasteiger partial charge on any atom is 0.253 e. The first-order chi connectivity index (χ1) is 13.3. The van der Waals surface area contributed by atoms with E-state index < -0.39 is 0 Å². The van der Waals surface area contributed by atoms with Gasteiger partial charge in [-0.2, -0.15) is 5.10 Å². The van der Waals surface area contributed by atoms with Crippen LogP contribution in [0.3, 0.4) is 0 Å². The maximum absolute atomic E-state index is 13.0. The van der Waals surface area contributed by atoms with Gasteiger partial charge >= 0.3 is 0 Å². The molecule has 5 rings (SSSR count). The lowest BCUT2D eigenvalue weighted by Crippen LogP contribution is -2.33. The van der Waals surface area contributed by atoms with Crippen molar-refractivity contribution in [3.63, 3.8) is 0 Å². The predicted octanol–water partition coefficient (Wildman–Crippen LogP) is 3.80. The molecular weight excluding hydrogens is 336 g/mol. The van der Waals surface area contributed by atoms with Gasteiger partial charge in [0.15, 0.2) is 0 Å². The van der Waals surface area contributed by atoms with Crippen molar-refractivity contribution in [3.05, 3.63) is 77.6 Å². The maximum atomic E-state index is 13.0. The van der Waals surface area contributed by atoms with E-state index in [1.54, 1.807) is 0 Å². The van der Waals surface area contributed by atoms with E-state index in [1.165, 1.54) is 5.56 Å². The van der Waals surface area contributed by atoms with Crippen molar-refractivity contribution < 1.29 is 4.79 Å². The fourth-order valence-corrected chi connectivity index (χ4v) is 3.89. The van der Waals surface area contributed by atoms with Crippen LogP contribution in [-0.4, -0.2) is 39.1 Å². The zero-order chi connectivity index (χ0) is 18.2. The summed E-state index contributed by atoms with van der Waals surface area (Å²) in [6.45, 7) is 1.41. The highest BCUT2D eigenvalue weighted by Crippen LogP contribution is 2.27. The van der Waals surface area contributed by atoms with Crippen LogP contribution in [-0.2, 0) is 12.8 Å². The smallest absolute Gasteiger partial charge is 0.253 e. The van der Waals surface area contributed by atoms with Crippen molar-refractivity contribution in [2.75, 3.05) is 13.1 Å². The van der Waals surface area contributed by atoms with Gasteiger partial charge in [-0.25, -0.2) is 0 Å². The number of nitrogens with one attached hydrogen (secondary N) is 2. The molecule has 1 aliphatic heterocycles. The van der Waals surface area contributed by atoms with Crippen molar-refractivity contribution >= 4 is 16.8 Å². The highest BCUT2D eigenvalue weighted by Gasteiger charge is 2.23. The topological polar surface area (TPSA) is 64.8 Å². The zero-order valence-corrected chi connectivity index (χ0v) is 14.9. The molecule has 4 aromatic rings. The lowest BCUT2D eigenvalue weighted by molar-refractivity contribution is 0.0763. The molecule has 2 aromatic heterocycles. The number of H-pyrrole nitrogens is 2. The molecular formula is C22H20N4O. The average Bonchev–Trinajstić information content (AvgIpc) is 3.29. The minimum atomic E-state index is 0.0949. The van der Waals surface area contributed by atoms with Crippen LogP contribution in [0.4, 0.5) is 0 Å². The van der Waals surface area contributed by atoms with Crippen LogP contribution in [0.5, 0.6) is 0 Å². The molecule has 27 heavy (non-hydrogen) atoms. The van der Waals surface area contributed by atoms with E-state index in [4.69, 9.17) is 0 Å². The van der Waals surface area contributed by atoms with Crippen molar-refractivity contribution in [2.45, 2.75) is 12.8 Å². The molecule has 0 saturated carbocycles. The van der Waals surface area contributed by atoms with E-state index >= 15 is 0 Å².